The Labute approximate surface area is 111 Å². The summed E-state index contributed by atoms with van der Waals surface area (Å²) in [5, 5.41) is 8.78. The summed E-state index contributed by atoms with van der Waals surface area (Å²) in [6, 6.07) is 0. The highest BCUT2D eigenvalue weighted by Gasteiger charge is 2.28. The van der Waals surface area contributed by atoms with E-state index >= 15 is 0 Å². The Balaban J connectivity index is 0.000000399. The molecular weight excluding hydrogens is 263 g/mol. The van der Waals surface area contributed by atoms with Gasteiger partial charge < -0.3 is 19.1 Å². The van der Waals surface area contributed by atoms with Crippen LogP contribution in [0.3, 0.4) is 0 Å². The molecular formula is C12H22F3NO3. The summed E-state index contributed by atoms with van der Waals surface area (Å²) in [5.74, 6) is -3.01. The number of alkyl halides is 3. The van der Waals surface area contributed by atoms with Crippen LogP contribution in [-0.4, -0.2) is 57.0 Å². The summed E-state index contributed by atoms with van der Waals surface area (Å²) in [6.45, 7) is 4.81. The molecule has 0 radical (unpaired) electrons. The largest absolute Gasteiger partial charge is 0.542 e. The van der Waals surface area contributed by atoms with Gasteiger partial charge in [0.1, 0.15) is 12.5 Å². The molecule has 19 heavy (non-hydrogen) atoms. The molecule has 1 heterocycles. The van der Waals surface area contributed by atoms with Crippen LogP contribution >= 0.6 is 0 Å². The molecule has 1 saturated heterocycles. The van der Waals surface area contributed by atoms with E-state index < -0.39 is 12.1 Å². The number of quaternary nitrogens is 1. The van der Waals surface area contributed by atoms with E-state index in [0.717, 1.165) is 6.61 Å². The first-order chi connectivity index (χ1) is 8.71. The molecule has 0 aromatic rings. The van der Waals surface area contributed by atoms with Crippen molar-refractivity contribution in [2.75, 3.05) is 40.4 Å². The summed E-state index contributed by atoms with van der Waals surface area (Å²) < 4.78 is 37.9. The van der Waals surface area contributed by atoms with Crippen molar-refractivity contribution in [1.29, 1.82) is 0 Å². The molecule has 0 saturated carbocycles. The number of carboxylic acids is 1. The van der Waals surface area contributed by atoms with Crippen molar-refractivity contribution >= 4 is 5.97 Å². The number of likely N-dealkylation sites (tertiary alicyclic amines) is 1. The lowest BCUT2D eigenvalue weighted by atomic mass is 10.2. The van der Waals surface area contributed by atoms with E-state index in [1.165, 1.54) is 49.8 Å². The first-order valence-corrected chi connectivity index (χ1v) is 6.32. The molecule has 0 atom stereocenters. The van der Waals surface area contributed by atoms with Gasteiger partial charge in [0, 0.05) is 7.11 Å². The highest BCUT2D eigenvalue weighted by atomic mass is 19.4. The number of hydrogen-bond donors (Lipinski definition) is 0. The minimum Gasteiger partial charge on any atom is -0.542 e. The Bertz CT molecular complexity index is 261. The number of nitrogens with zero attached hydrogens (tertiary/aromatic N) is 1. The minimum atomic E-state index is -5.19. The number of likely N-dealkylation sites (N-methyl/N-ethyl adjacent to an activating group) is 1. The normalized spacial score (nSPS) is 19.0. The second-order valence-corrected chi connectivity index (χ2v) is 4.98. The molecule has 4 nitrogen and oxygen atoms in total. The molecule has 0 aromatic carbocycles. The molecule has 7 heteroatoms. The van der Waals surface area contributed by atoms with Gasteiger partial charge >= 0.3 is 6.18 Å². The smallest absolute Gasteiger partial charge is 0.430 e. The average molecular weight is 285 g/mol. The number of carbonyl (C=O) groups is 1. The molecule has 114 valence electrons. The zero-order valence-electron chi connectivity index (χ0n) is 11.5. The maximum absolute atomic E-state index is 10.5. The van der Waals surface area contributed by atoms with Crippen LogP contribution < -0.4 is 5.11 Å². The molecule has 0 bridgehead atoms. The quantitative estimate of drug-likeness (QED) is 0.726. The standard InChI is InChI=1S/C10H22NO.C2HF3O2/c1-11(9-10-12-2)7-5-3-4-6-8-11;3-2(4,5)1(6)7/h3-10H2,1-2H3;(H,6,7)/q+1;/p-1. The molecule has 1 fully saturated rings. The van der Waals surface area contributed by atoms with Crippen LogP contribution in [0, 0.1) is 0 Å². The van der Waals surface area contributed by atoms with E-state index in [4.69, 9.17) is 14.6 Å². The number of hydrogen-bond acceptors (Lipinski definition) is 3. The van der Waals surface area contributed by atoms with E-state index in [2.05, 4.69) is 7.05 Å². The van der Waals surface area contributed by atoms with E-state index in [1.807, 2.05) is 0 Å². The van der Waals surface area contributed by atoms with Crippen LogP contribution in [-0.2, 0) is 9.53 Å². The highest BCUT2D eigenvalue weighted by molar-refractivity contribution is 5.70. The topological polar surface area (TPSA) is 49.4 Å². The lowest BCUT2D eigenvalue weighted by Crippen LogP contribution is -2.46. The van der Waals surface area contributed by atoms with Gasteiger partial charge in [0.2, 0.25) is 0 Å². The van der Waals surface area contributed by atoms with Gasteiger partial charge in [0.15, 0.2) is 0 Å². The van der Waals surface area contributed by atoms with Crippen LogP contribution in [0.1, 0.15) is 25.7 Å². The zero-order valence-corrected chi connectivity index (χ0v) is 11.5. The van der Waals surface area contributed by atoms with Gasteiger partial charge in [-0.25, -0.2) is 0 Å². The van der Waals surface area contributed by atoms with Crippen molar-refractivity contribution in [1.82, 2.24) is 0 Å². The maximum atomic E-state index is 10.5. The SMILES string of the molecule is COCC[N+]1(C)CCCCCC1.O=C([O-])C(F)(F)F. The zero-order chi connectivity index (χ0) is 14.9. The Hall–Kier alpha value is -0.820. The van der Waals surface area contributed by atoms with Crippen molar-refractivity contribution in [3.8, 4) is 0 Å². The first-order valence-electron chi connectivity index (χ1n) is 6.32. The molecule has 0 aliphatic carbocycles. The predicted octanol–water partition coefficient (Wildman–Crippen LogP) is 0.952. The second-order valence-electron chi connectivity index (χ2n) is 4.98. The van der Waals surface area contributed by atoms with Gasteiger partial charge in [-0.1, -0.05) is 0 Å². The molecule has 1 rings (SSSR count). The first kappa shape index (κ1) is 18.2. The molecule has 0 unspecified atom stereocenters. The van der Waals surface area contributed by atoms with E-state index in [9.17, 15) is 13.2 Å². The monoisotopic (exact) mass is 285 g/mol. The van der Waals surface area contributed by atoms with Gasteiger partial charge in [-0.15, -0.1) is 0 Å². The van der Waals surface area contributed by atoms with Crippen LogP contribution in [0.2, 0.25) is 0 Å². The number of ether oxygens (including phenoxy) is 1. The molecule has 0 aromatic heterocycles. The van der Waals surface area contributed by atoms with Crippen LogP contribution in [0.4, 0.5) is 13.2 Å². The van der Waals surface area contributed by atoms with Crippen molar-refractivity contribution in [2.24, 2.45) is 0 Å². The van der Waals surface area contributed by atoms with Gasteiger partial charge in [-0.2, -0.15) is 13.2 Å². The number of carboxylic acid groups (broad SMARTS) is 1. The molecule has 0 spiro atoms. The Morgan fingerprint density at radius 3 is 1.95 bits per heavy atom. The van der Waals surface area contributed by atoms with Crippen molar-refractivity contribution < 1.29 is 32.3 Å². The van der Waals surface area contributed by atoms with Crippen molar-refractivity contribution in [3.63, 3.8) is 0 Å². The number of rotatable bonds is 3. The third-order valence-corrected chi connectivity index (χ3v) is 3.21. The fourth-order valence-electron chi connectivity index (χ4n) is 1.99. The fourth-order valence-corrected chi connectivity index (χ4v) is 1.99. The van der Waals surface area contributed by atoms with Crippen LogP contribution in [0.25, 0.3) is 0 Å². The number of aliphatic carboxylic acids is 1. The Morgan fingerprint density at radius 2 is 1.63 bits per heavy atom. The second kappa shape index (κ2) is 8.37. The van der Waals surface area contributed by atoms with Gasteiger partial charge in [0.05, 0.1) is 26.7 Å². The number of halogens is 3. The summed E-state index contributed by atoms with van der Waals surface area (Å²) in [6.07, 6.45) is 0.474. The Morgan fingerprint density at radius 1 is 1.21 bits per heavy atom. The fraction of sp³-hybridized carbons (Fsp3) is 0.917. The lowest BCUT2D eigenvalue weighted by Gasteiger charge is -2.33. The van der Waals surface area contributed by atoms with Crippen molar-refractivity contribution in [2.45, 2.75) is 31.9 Å². The summed E-state index contributed by atoms with van der Waals surface area (Å²) in [5.41, 5.74) is 0. The van der Waals surface area contributed by atoms with Crippen LogP contribution in [0.5, 0.6) is 0 Å². The van der Waals surface area contributed by atoms with E-state index in [1.54, 1.807) is 7.11 Å². The van der Waals surface area contributed by atoms with Gasteiger partial charge in [-0.05, 0) is 25.7 Å². The summed E-state index contributed by atoms with van der Waals surface area (Å²) in [4.78, 5) is 8.78. The Kier molecular flexibility index (Phi) is 8.01. The summed E-state index contributed by atoms with van der Waals surface area (Å²) in [7, 11) is 4.16. The van der Waals surface area contributed by atoms with Gasteiger partial charge in [-0.3, -0.25) is 0 Å². The molecule has 1 aliphatic heterocycles. The highest BCUT2D eigenvalue weighted by Crippen LogP contribution is 2.15. The van der Waals surface area contributed by atoms with Gasteiger partial charge in [0.25, 0.3) is 0 Å². The average Bonchev–Trinajstić information content (AvgIpc) is 2.52. The summed E-state index contributed by atoms with van der Waals surface area (Å²) >= 11 is 0. The third-order valence-electron chi connectivity index (χ3n) is 3.21. The number of methoxy groups -OCH3 is 1. The van der Waals surface area contributed by atoms with Crippen LogP contribution in [0.15, 0.2) is 0 Å². The lowest BCUT2D eigenvalue weighted by molar-refractivity contribution is -0.909. The van der Waals surface area contributed by atoms with E-state index in [-0.39, 0.29) is 0 Å². The minimum absolute atomic E-state index is 0.913. The van der Waals surface area contributed by atoms with E-state index in [0.29, 0.717) is 0 Å². The third kappa shape index (κ3) is 8.83. The van der Waals surface area contributed by atoms with Crippen molar-refractivity contribution in [3.05, 3.63) is 0 Å². The molecule has 0 amide bonds. The maximum Gasteiger partial charge on any atom is 0.430 e. The molecule has 0 N–H and O–H groups in total. The predicted molar refractivity (Wildman–Crippen MR) is 62.2 cm³/mol. The molecule has 1 aliphatic rings. The number of carbonyl (C=O) groups excluding carboxylic acids is 1.